The highest BCUT2D eigenvalue weighted by molar-refractivity contribution is 8.83. The smallest absolute Gasteiger partial charge is 0.214 e. The van der Waals surface area contributed by atoms with Gasteiger partial charge >= 0.3 is 0 Å². The summed E-state index contributed by atoms with van der Waals surface area (Å²) in [5.74, 6) is 0.768. The number of rotatable bonds is 3. The van der Waals surface area contributed by atoms with Gasteiger partial charge < -0.3 is 15.9 Å². The zero-order valence-electron chi connectivity index (χ0n) is 5.61. The van der Waals surface area contributed by atoms with Crippen molar-refractivity contribution in [2.75, 3.05) is 18.6 Å². The van der Waals surface area contributed by atoms with Crippen LogP contribution >= 0.6 is 32.7 Å². The average Bonchev–Trinajstić information content (AvgIpc) is 1.82. The van der Waals surface area contributed by atoms with Crippen molar-refractivity contribution in [1.29, 1.82) is 0 Å². The third-order valence-corrected chi connectivity index (χ3v) is 3.91. The number of hydrogen-bond acceptors (Lipinski definition) is 2. The summed E-state index contributed by atoms with van der Waals surface area (Å²) in [5, 5.41) is 16.4. The molecule has 0 bridgehead atoms. The van der Waals surface area contributed by atoms with Crippen molar-refractivity contribution in [3.63, 3.8) is 0 Å². The first kappa shape index (κ1) is 13.3. The van der Waals surface area contributed by atoms with Crippen LogP contribution in [0.15, 0.2) is 0 Å². The van der Waals surface area contributed by atoms with Crippen molar-refractivity contribution in [1.82, 2.24) is 0 Å². The number of aliphatic hydroxyl groups is 2. The van der Waals surface area contributed by atoms with E-state index in [0.717, 1.165) is 5.75 Å². The molecule has 4 N–H and O–H groups in total. The van der Waals surface area contributed by atoms with Gasteiger partial charge in [0.15, 0.2) is 0 Å². The first-order chi connectivity index (χ1) is 4.18. The molecule has 0 aliphatic carbocycles. The van der Waals surface area contributed by atoms with Gasteiger partial charge in [0, 0.05) is 12.3 Å². The molecule has 0 aromatic carbocycles. The largest absolute Gasteiger partial charge is 0.336 e. The van der Waals surface area contributed by atoms with Crippen LogP contribution in [0.3, 0.4) is 0 Å². The third-order valence-electron chi connectivity index (χ3n) is 0.635. The van der Waals surface area contributed by atoms with E-state index in [1.165, 1.54) is 10.8 Å². The van der Waals surface area contributed by atoms with Crippen LogP contribution in [0.4, 0.5) is 0 Å². The maximum absolute atomic E-state index is 8.47. The van der Waals surface area contributed by atoms with Crippen LogP contribution in [0.25, 0.3) is 0 Å². The van der Waals surface area contributed by atoms with Gasteiger partial charge in [-0.25, -0.2) is 0 Å². The third kappa shape index (κ3) is 6.85. The second-order valence-electron chi connectivity index (χ2n) is 1.35. The minimum Gasteiger partial charge on any atom is -0.336 e. The summed E-state index contributed by atoms with van der Waals surface area (Å²) in [7, 11) is 0.993. The monoisotopic (exact) mass is 205 g/mol. The van der Waals surface area contributed by atoms with Crippen LogP contribution in [0, 0.1) is 0 Å². The molecular formula is C4H12ClNO2S2. The predicted octanol–water partition coefficient (Wildman–Crippen LogP) is 1.12. The standard InChI is InChI=1S/C4H11NO2S2.ClH/c1-9(4(6)7)8-3-2-5;/h6-7H,2-3,5H2,1H3;1H. The molecule has 0 radical (unpaired) electrons. The summed E-state index contributed by atoms with van der Waals surface area (Å²) in [6, 6.07) is 0. The van der Waals surface area contributed by atoms with Gasteiger partial charge in [-0.3, -0.25) is 0 Å². The highest BCUT2D eigenvalue weighted by atomic mass is 35.5. The Morgan fingerprint density at radius 3 is 2.40 bits per heavy atom. The quantitative estimate of drug-likeness (QED) is 0.477. The van der Waals surface area contributed by atoms with Gasteiger partial charge in [0.1, 0.15) is 0 Å². The molecule has 0 saturated carbocycles. The van der Waals surface area contributed by atoms with Gasteiger partial charge in [0.2, 0.25) is 5.24 Å². The lowest BCUT2D eigenvalue weighted by Gasteiger charge is -1.99. The van der Waals surface area contributed by atoms with Gasteiger partial charge in [-0.15, -0.1) is 12.4 Å². The molecule has 0 aliphatic rings. The van der Waals surface area contributed by atoms with E-state index >= 15 is 0 Å². The minimum atomic E-state index is -0.492. The SMILES string of the molecule is CS(SCCN)=C(O)O.Cl. The number of aliphatic hydroxyl groups excluding tert-OH is 1. The Morgan fingerprint density at radius 1 is 1.60 bits per heavy atom. The summed E-state index contributed by atoms with van der Waals surface area (Å²) in [6.07, 6.45) is 1.75. The molecule has 0 spiro atoms. The fourth-order valence-electron chi connectivity index (χ4n) is 0.226. The van der Waals surface area contributed by atoms with E-state index in [9.17, 15) is 0 Å². The van der Waals surface area contributed by atoms with Crippen LogP contribution in [0.5, 0.6) is 0 Å². The Bertz CT molecular complexity index is 116. The van der Waals surface area contributed by atoms with E-state index in [1.807, 2.05) is 0 Å². The fourth-order valence-corrected chi connectivity index (χ4v) is 2.03. The molecule has 6 heteroatoms. The van der Waals surface area contributed by atoms with Gasteiger partial charge in [-0.1, -0.05) is 20.3 Å². The van der Waals surface area contributed by atoms with Gasteiger partial charge in [-0.05, 0) is 6.26 Å². The highest BCUT2D eigenvalue weighted by Crippen LogP contribution is 2.25. The lowest BCUT2D eigenvalue weighted by molar-refractivity contribution is 0.385. The molecule has 1 unspecified atom stereocenters. The van der Waals surface area contributed by atoms with E-state index in [1.54, 1.807) is 6.26 Å². The van der Waals surface area contributed by atoms with Crippen LogP contribution in [0.2, 0.25) is 0 Å². The Balaban J connectivity index is 0. The molecule has 0 aromatic heterocycles. The van der Waals surface area contributed by atoms with Crippen LogP contribution in [-0.2, 0) is 0 Å². The lowest BCUT2D eigenvalue weighted by atomic mass is 10.8. The molecule has 0 amide bonds. The van der Waals surface area contributed by atoms with E-state index in [-0.39, 0.29) is 12.4 Å². The van der Waals surface area contributed by atoms with Gasteiger partial charge in [-0.2, -0.15) is 0 Å². The van der Waals surface area contributed by atoms with Crippen LogP contribution in [-0.4, -0.2) is 34.0 Å². The minimum absolute atomic E-state index is 0. The first-order valence-electron chi connectivity index (χ1n) is 2.42. The number of halogens is 1. The average molecular weight is 206 g/mol. The summed E-state index contributed by atoms with van der Waals surface area (Å²) < 4.78 is 0. The van der Waals surface area contributed by atoms with E-state index in [2.05, 4.69) is 0 Å². The maximum atomic E-state index is 8.47. The summed E-state index contributed by atoms with van der Waals surface area (Å²) in [4.78, 5) is 0. The van der Waals surface area contributed by atoms with Gasteiger partial charge in [0.25, 0.3) is 0 Å². The van der Waals surface area contributed by atoms with Crippen molar-refractivity contribution in [2.45, 2.75) is 0 Å². The van der Waals surface area contributed by atoms with Gasteiger partial charge in [0.05, 0.1) is 0 Å². The second kappa shape index (κ2) is 7.84. The normalized spacial score (nSPS) is 12.0. The van der Waals surface area contributed by atoms with E-state index in [0.29, 0.717) is 6.54 Å². The van der Waals surface area contributed by atoms with Crippen molar-refractivity contribution in [2.24, 2.45) is 5.73 Å². The van der Waals surface area contributed by atoms with Crippen molar-refractivity contribution >= 4 is 38.0 Å². The predicted molar refractivity (Wildman–Crippen MR) is 52.5 cm³/mol. The maximum Gasteiger partial charge on any atom is 0.214 e. The highest BCUT2D eigenvalue weighted by Gasteiger charge is 1.92. The molecule has 0 saturated heterocycles. The zero-order chi connectivity index (χ0) is 7.28. The Labute approximate surface area is 72.7 Å². The lowest BCUT2D eigenvalue weighted by Crippen LogP contribution is -2.01. The Morgan fingerprint density at radius 2 is 2.10 bits per heavy atom. The van der Waals surface area contributed by atoms with Crippen molar-refractivity contribution in [3.8, 4) is 0 Å². The molecule has 3 nitrogen and oxygen atoms in total. The molecule has 64 valence electrons. The molecule has 0 aliphatic heterocycles. The van der Waals surface area contributed by atoms with Crippen LogP contribution in [0.1, 0.15) is 0 Å². The topological polar surface area (TPSA) is 66.5 Å². The summed E-state index contributed by atoms with van der Waals surface area (Å²) in [6.45, 7) is 0.579. The van der Waals surface area contributed by atoms with Crippen molar-refractivity contribution in [3.05, 3.63) is 0 Å². The number of hydrogen-bond donors (Lipinski definition) is 3. The van der Waals surface area contributed by atoms with E-state index < -0.39 is 14.8 Å². The number of nitrogens with two attached hydrogens (primary N) is 1. The molecule has 0 fully saturated rings. The fraction of sp³-hybridized carbons (Fsp3) is 0.750. The molecule has 0 aromatic rings. The molecule has 0 heterocycles. The second-order valence-corrected chi connectivity index (χ2v) is 5.47. The van der Waals surface area contributed by atoms with Crippen molar-refractivity contribution < 1.29 is 10.2 Å². The summed E-state index contributed by atoms with van der Waals surface area (Å²) >= 11 is 0. The van der Waals surface area contributed by atoms with E-state index in [4.69, 9.17) is 15.9 Å². The summed E-state index contributed by atoms with van der Waals surface area (Å²) in [5.41, 5.74) is 5.19. The molecule has 1 atom stereocenters. The Hall–Kier alpha value is 0.740. The van der Waals surface area contributed by atoms with Crippen LogP contribution < -0.4 is 5.73 Å². The Kier molecular flexibility index (Phi) is 10.5. The zero-order valence-corrected chi connectivity index (χ0v) is 8.06. The molecular weight excluding hydrogens is 194 g/mol. The molecule has 0 rings (SSSR count). The first-order valence-corrected chi connectivity index (χ1v) is 5.56. The molecule has 10 heavy (non-hydrogen) atoms.